The summed E-state index contributed by atoms with van der Waals surface area (Å²) in [6, 6.07) is 4.16. The van der Waals surface area contributed by atoms with E-state index in [1.165, 1.54) is 18.2 Å². The van der Waals surface area contributed by atoms with Crippen LogP contribution in [0.1, 0.15) is 0 Å². The second-order valence-corrected chi connectivity index (χ2v) is 2.08. The standard InChI is InChI=1S/C6H7N3O2/c7-4-1-2-5(8)6(3-4)9(10)11/h1-3H,7-8H2/i1+2,2+2,3+2,4+2,5+2,6+2. The van der Waals surface area contributed by atoms with Gasteiger partial charge in [-0.1, -0.05) is 0 Å². The lowest BCUT2D eigenvalue weighted by molar-refractivity contribution is -0.383. The van der Waals surface area contributed by atoms with Gasteiger partial charge in [0, 0.05) is 11.8 Å². The lowest BCUT2D eigenvalue weighted by Gasteiger charge is -1.96. The minimum absolute atomic E-state index is 0.129. The van der Waals surface area contributed by atoms with Crippen molar-refractivity contribution in [2.75, 3.05) is 11.5 Å². The molecule has 0 aromatic heterocycles. The Kier molecular flexibility index (Phi) is 1.63. The van der Waals surface area contributed by atoms with Gasteiger partial charge in [-0.25, -0.2) is 0 Å². The van der Waals surface area contributed by atoms with Crippen LogP contribution in [0.5, 0.6) is 0 Å². The molecule has 1 rings (SSSR count). The average molecular weight is 165 g/mol. The lowest BCUT2D eigenvalue weighted by Crippen LogP contribution is -1.96. The van der Waals surface area contributed by atoms with E-state index in [0.29, 0.717) is 5.69 Å². The number of benzene rings is 1. The summed E-state index contributed by atoms with van der Waals surface area (Å²) >= 11 is 0. The Hall–Kier alpha value is -1.78. The number of hydrogen-bond donors (Lipinski definition) is 2. The van der Waals surface area contributed by atoms with Crippen LogP contribution in [0, 0.1) is 10.1 Å². The SMILES string of the molecule is N[14c]1[14cH][14cH][14c](N)[14c]([N+](=O)[O-])[14cH]1. The highest BCUT2D eigenvalue weighted by molar-refractivity contribution is 5.63. The average Bonchev–Trinajstić information content (AvgIpc) is 1.94. The van der Waals surface area contributed by atoms with Gasteiger partial charge in [0.1, 0.15) is 5.69 Å². The molecule has 58 valence electrons. The number of nitro groups is 1. The van der Waals surface area contributed by atoms with Crippen molar-refractivity contribution in [3.05, 3.63) is 28.3 Å². The van der Waals surface area contributed by atoms with Gasteiger partial charge in [-0.15, -0.1) is 0 Å². The molecule has 0 fully saturated rings. The number of rotatable bonds is 1. The zero-order valence-electron chi connectivity index (χ0n) is 5.65. The number of nitrogen functional groups attached to an aromatic ring is 2. The molecule has 0 heterocycles. The van der Waals surface area contributed by atoms with Gasteiger partial charge >= 0.3 is 0 Å². The first kappa shape index (κ1) is 7.33. The van der Waals surface area contributed by atoms with Crippen LogP contribution < -0.4 is 11.5 Å². The minimum atomic E-state index is -0.564. The molecule has 0 radical (unpaired) electrons. The molecule has 0 unspecified atom stereocenters. The first-order chi connectivity index (χ1) is 5.11. The Morgan fingerprint density at radius 2 is 2.00 bits per heavy atom. The van der Waals surface area contributed by atoms with Gasteiger partial charge in [-0.05, 0) is 12.1 Å². The third kappa shape index (κ3) is 1.37. The van der Waals surface area contributed by atoms with E-state index in [-0.39, 0.29) is 11.4 Å². The topological polar surface area (TPSA) is 95.2 Å². The summed E-state index contributed by atoms with van der Waals surface area (Å²) in [7, 11) is 0. The minimum Gasteiger partial charge on any atom is -0.399 e. The second kappa shape index (κ2) is 2.45. The fourth-order valence-electron chi connectivity index (χ4n) is 0.719. The van der Waals surface area contributed by atoms with Crippen LogP contribution in [0.25, 0.3) is 0 Å². The zero-order chi connectivity index (χ0) is 8.43. The van der Waals surface area contributed by atoms with Gasteiger partial charge in [-0.2, -0.15) is 0 Å². The van der Waals surface area contributed by atoms with Crippen molar-refractivity contribution >= 4 is 17.1 Å². The normalized spacial score (nSPS) is 9.45. The number of anilines is 2. The molecule has 0 bridgehead atoms. The molecule has 0 aliphatic heterocycles. The molecule has 0 saturated carbocycles. The quantitative estimate of drug-likeness (QED) is 0.364. The first-order valence-corrected chi connectivity index (χ1v) is 2.90. The molecule has 1 aromatic rings. The maximum atomic E-state index is 10.2. The van der Waals surface area contributed by atoms with Gasteiger partial charge in [0.05, 0.1) is 4.92 Å². The van der Waals surface area contributed by atoms with Crippen molar-refractivity contribution in [1.29, 1.82) is 0 Å². The van der Waals surface area contributed by atoms with Crippen molar-refractivity contribution in [1.82, 2.24) is 0 Å². The maximum Gasteiger partial charge on any atom is 0.294 e. The summed E-state index contributed by atoms with van der Waals surface area (Å²) in [6.45, 7) is 0. The molecule has 0 saturated heterocycles. The summed E-state index contributed by atoms with van der Waals surface area (Å²) < 4.78 is 0. The summed E-state index contributed by atoms with van der Waals surface area (Å²) in [5.41, 5.74) is 10.9. The molecular formula is C6H7N3O2. The van der Waals surface area contributed by atoms with E-state index in [1.54, 1.807) is 0 Å². The van der Waals surface area contributed by atoms with E-state index < -0.39 is 4.92 Å². The Morgan fingerprint density at radius 1 is 1.36 bits per heavy atom. The van der Waals surface area contributed by atoms with Gasteiger partial charge in [0.2, 0.25) is 0 Å². The summed E-state index contributed by atoms with van der Waals surface area (Å²) in [6.07, 6.45) is 0. The van der Waals surface area contributed by atoms with Crippen molar-refractivity contribution in [2.24, 2.45) is 0 Å². The fourth-order valence-corrected chi connectivity index (χ4v) is 0.719. The third-order valence-electron chi connectivity index (χ3n) is 1.25. The van der Waals surface area contributed by atoms with E-state index in [0.717, 1.165) is 0 Å². The van der Waals surface area contributed by atoms with Crippen LogP contribution in [0.15, 0.2) is 18.2 Å². The van der Waals surface area contributed by atoms with Crippen molar-refractivity contribution in [2.45, 2.75) is 0 Å². The molecule has 1 aromatic carbocycles. The number of nitro benzene ring substituents is 1. The number of hydrogen-bond acceptors (Lipinski definition) is 4. The largest absolute Gasteiger partial charge is 0.399 e. The number of nitrogens with two attached hydrogens (primary N) is 2. The van der Waals surface area contributed by atoms with E-state index in [1.807, 2.05) is 0 Å². The molecule has 0 aliphatic carbocycles. The zero-order valence-corrected chi connectivity index (χ0v) is 5.65. The summed E-state index contributed by atoms with van der Waals surface area (Å²) in [5.74, 6) is 0. The summed E-state index contributed by atoms with van der Waals surface area (Å²) in [5, 5.41) is 10.2. The van der Waals surface area contributed by atoms with E-state index in [2.05, 4.69) is 0 Å². The highest BCUT2D eigenvalue weighted by Crippen LogP contribution is 2.22. The maximum absolute atomic E-state index is 10.2. The van der Waals surface area contributed by atoms with Crippen LogP contribution >= 0.6 is 0 Å². The monoisotopic (exact) mass is 165 g/mol. The predicted molar refractivity (Wildman–Crippen MR) is 41.9 cm³/mol. The summed E-state index contributed by atoms with van der Waals surface area (Å²) in [4.78, 5) is 9.68. The van der Waals surface area contributed by atoms with Crippen molar-refractivity contribution < 1.29 is 4.92 Å². The first-order valence-electron chi connectivity index (χ1n) is 2.90. The van der Waals surface area contributed by atoms with E-state index in [4.69, 9.17) is 11.5 Å². The third-order valence-corrected chi connectivity index (χ3v) is 1.25. The highest BCUT2D eigenvalue weighted by Gasteiger charge is 2.09. The van der Waals surface area contributed by atoms with E-state index in [9.17, 15) is 10.1 Å². The molecule has 5 heteroatoms. The van der Waals surface area contributed by atoms with Gasteiger partial charge in [-0.3, -0.25) is 10.1 Å². The van der Waals surface area contributed by atoms with Crippen molar-refractivity contribution in [3.8, 4) is 0 Å². The van der Waals surface area contributed by atoms with Gasteiger partial charge in [0.15, 0.2) is 0 Å². The van der Waals surface area contributed by atoms with Crippen LogP contribution in [-0.2, 0) is 0 Å². The molecule has 0 aliphatic rings. The number of nitrogens with zero attached hydrogens (tertiary/aromatic N) is 1. The lowest BCUT2D eigenvalue weighted by atomic mass is 12.0. The van der Waals surface area contributed by atoms with Crippen LogP contribution in [0.3, 0.4) is 0 Å². The smallest absolute Gasteiger partial charge is 0.294 e. The molecule has 0 spiro atoms. The Bertz CT molecular complexity index is 298. The Morgan fingerprint density at radius 3 is 2.45 bits per heavy atom. The second-order valence-electron chi connectivity index (χ2n) is 2.08. The van der Waals surface area contributed by atoms with Crippen LogP contribution in [-0.4, -0.2) is 4.92 Å². The Labute approximate surface area is 62.8 Å². The molecule has 0 amide bonds. The van der Waals surface area contributed by atoms with Crippen molar-refractivity contribution in [3.63, 3.8) is 0 Å². The highest BCUT2D eigenvalue weighted by atomic mass is 16.7. The van der Waals surface area contributed by atoms with E-state index >= 15 is 0 Å². The molecule has 4 N–H and O–H groups in total. The molecular weight excluding hydrogens is 158 g/mol. The Balaban J connectivity index is 3.23. The predicted octanol–water partition coefficient (Wildman–Crippen LogP) is 0.759. The van der Waals surface area contributed by atoms with Gasteiger partial charge < -0.3 is 11.5 Å². The van der Waals surface area contributed by atoms with Crippen LogP contribution in [0.2, 0.25) is 0 Å². The molecule has 11 heavy (non-hydrogen) atoms. The van der Waals surface area contributed by atoms with Gasteiger partial charge in [0.25, 0.3) is 5.69 Å². The fraction of sp³-hybridized carbons (Fsp3) is 0. The van der Waals surface area contributed by atoms with Crippen LogP contribution in [0.4, 0.5) is 17.1 Å². The molecule has 0 atom stereocenters. The molecule has 5 nitrogen and oxygen atoms in total.